The third-order valence-corrected chi connectivity index (χ3v) is 4.10. The van der Waals surface area contributed by atoms with Crippen LogP contribution < -0.4 is 4.74 Å². The van der Waals surface area contributed by atoms with Crippen molar-refractivity contribution < 1.29 is 14.6 Å². The first-order valence-electron chi connectivity index (χ1n) is 7.69. The number of aliphatic hydroxyl groups excluding tert-OH is 1. The summed E-state index contributed by atoms with van der Waals surface area (Å²) in [6.45, 7) is 1.80. The number of benzene rings is 1. The van der Waals surface area contributed by atoms with E-state index >= 15 is 0 Å². The maximum atomic E-state index is 9.51. The van der Waals surface area contributed by atoms with E-state index in [1.807, 2.05) is 24.3 Å². The Balaban J connectivity index is 1.61. The number of ether oxygens (including phenoxy) is 2. The summed E-state index contributed by atoms with van der Waals surface area (Å²) < 4.78 is 11.0. The second kappa shape index (κ2) is 7.50. The van der Waals surface area contributed by atoms with Crippen LogP contribution in [0.1, 0.15) is 12.0 Å². The summed E-state index contributed by atoms with van der Waals surface area (Å²) in [4.78, 5) is 10.3. The number of aliphatic hydroxyl groups is 1. The minimum absolute atomic E-state index is 0.160. The summed E-state index contributed by atoms with van der Waals surface area (Å²) in [6.07, 6.45) is 5.86. The van der Waals surface area contributed by atoms with Gasteiger partial charge in [-0.05, 0) is 24.1 Å². The predicted molar refractivity (Wildman–Crippen MR) is 85.2 cm³/mol. The molecule has 3 rings (SSSR count). The van der Waals surface area contributed by atoms with Crippen LogP contribution in [0.15, 0.2) is 42.9 Å². The molecule has 2 heterocycles. The molecule has 0 amide bonds. The molecule has 0 aliphatic carbocycles. The van der Waals surface area contributed by atoms with Crippen molar-refractivity contribution in [3.63, 3.8) is 0 Å². The first kappa shape index (κ1) is 15.9. The lowest BCUT2D eigenvalue weighted by Crippen LogP contribution is -2.31. The fourth-order valence-electron chi connectivity index (χ4n) is 2.85. The molecule has 1 aliphatic rings. The van der Waals surface area contributed by atoms with Gasteiger partial charge in [0.1, 0.15) is 5.75 Å². The normalized spacial score (nSPS) is 21.5. The average molecular weight is 315 g/mol. The van der Waals surface area contributed by atoms with Crippen molar-refractivity contribution in [2.24, 2.45) is 0 Å². The first-order chi connectivity index (χ1) is 11.3. The van der Waals surface area contributed by atoms with Crippen molar-refractivity contribution in [1.29, 1.82) is 0 Å². The molecule has 1 aliphatic heterocycles. The second-order valence-corrected chi connectivity index (χ2v) is 5.65. The van der Waals surface area contributed by atoms with E-state index in [0.717, 1.165) is 25.3 Å². The average Bonchev–Trinajstić information content (AvgIpc) is 3.00. The summed E-state index contributed by atoms with van der Waals surface area (Å²) >= 11 is 0. The van der Waals surface area contributed by atoms with Crippen molar-refractivity contribution in [3.8, 4) is 11.6 Å². The van der Waals surface area contributed by atoms with Crippen molar-refractivity contribution >= 4 is 0 Å². The van der Waals surface area contributed by atoms with E-state index in [0.29, 0.717) is 5.88 Å². The predicted octanol–water partition coefficient (Wildman–Crippen LogP) is 1.85. The van der Waals surface area contributed by atoms with Gasteiger partial charge >= 0.3 is 0 Å². The molecule has 0 radical (unpaired) electrons. The standard InChI is InChI=1S/C17H21N3O3/c1-22-16-8-14(12-21)20(11-16)10-13-2-4-15(5-3-13)23-17-9-18-6-7-19-17/h2-7,9,14,16,21H,8,10-12H2,1H3/t14-,16-/m0/s1. The van der Waals surface area contributed by atoms with Gasteiger partial charge in [0.05, 0.1) is 18.9 Å². The zero-order valence-corrected chi connectivity index (χ0v) is 13.1. The Labute approximate surface area is 135 Å². The number of nitrogens with zero attached hydrogens (tertiary/aromatic N) is 3. The molecule has 1 aromatic heterocycles. The Kier molecular flexibility index (Phi) is 5.17. The Bertz CT molecular complexity index is 606. The van der Waals surface area contributed by atoms with Crippen LogP contribution in [0.5, 0.6) is 11.6 Å². The monoisotopic (exact) mass is 315 g/mol. The summed E-state index contributed by atoms with van der Waals surface area (Å²) in [5.74, 6) is 1.20. The van der Waals surface area contributed by atoms with Crippen LogP contribution in [0.25, 0.3) is 0 Å². The summed E-state index contributed by atoms with van der Waals surface area (Å²) in [7, 11) is 1.72. The molecule has 1 aromatic carbocycles. The molecular formula is C17H21N3O3. The topological polar surface area (TPSA) is 67.7 Å². The van der Waals surface area contributed by atoms with Crippen LogP contribution in [-0.4, -0.2) is 52.4 Å². The van der Waals surface area contributed by atoms with Gasteiger partial charge in [-0.3, -0.25) is 9.88 Å². The number of hydrogen-bond donors (Lipinski definition) is 1. The van der Waals surface area contributed by atoms with Crippen molar-refractivity contribution in [3.05, 3.63) is 48.4 Å². The molecule has 0 saturated carbocycles. The van der Waals surface area contributed by atoms with Gasteiger partial charge in [-0.15, -0.1) is 0 Å². The summed E-state index contributed by atoms with van der Waals surface area (Å²) in [5, 5.41) is 9.51. The molecule has 23 heavy (non-hydrogen) atoms. The SMILES string of the molecule is CO[C@H]1C[C@@H](CO)N(Cc2ccc(Oc3cnccn3)cc2)C1. The highest BCUT2D eigenvalue weighted by molar-refractivity contribution is 5.30. The van der Waals surface area contributed by atoms with Gasteiger partial charge in [-0.25, -0.2) is 4.98 Å². The fraction of sp³-hybridized carbons (Fsp3) is 0.412. The van der Waals surface area contributed by atoms with E-state index < -0.39 is 0 Å². The molecule has 2 atom stereocenters. The van der Waals surface area contributed by atoms with E-state index in [4.69, 9.17) is 9.47 Å². The number of methoxy groups -OCH3 is 1. The first-order valence-corrected chi connectivity index (χ1v) is 7.69. The van der Waals surface area contributed by atoms with Gasteiger partial charge < -0.3 is 14.6 Å². The lowest BCUT2D eigenvalue weighted by molar-refractivity contribution is 0.107. The minimum Gasteiger partial charge on any atom is -0.438 e. The Morgan fingerprint density at radius 3 is 2.74 bits per heavy atom. The van der Waals surface area contributed by atoms with Crippen molar-refractivity contribution in [2.45, 2.75) is 25.1 Å². The fourth-order valence-corrected chi connectivity index (χ4v) is 2.85. The molecular weight excluding hydrogens is 294 g/mol. The Hall–Kier alpha value is -2.02. The molecule has 0 spiro atoms. The molecule has 1 saturated heterocycles. The molecule has 1 fully saturated rings. The summed E-state index contributed by atoms with van der Waals surface area (Å²) in [5.41, 5.74) is 1.17. The molecule has 0 unspecified atom stereocenters. The van der Waals surface area contributed by atoms with E-state index in [2.05, 4.69) is 14.9 Å². The zero-order chi connectivity index (χ0) is 16.1. The van der Waals surface area contributed by atoms with Gasteiger partial charge in [0.25, 0.3) is 0 Å². The zero-order valence-electron chi connectivity index (χ0n) is 13.1. The van der Waals surface area contributed by atoms with Crippen LogP contribution in [-0.2, 0) is 11.3 Å². The second-order valence-electron chi connectivity index (χ2n) is 5.65. The van der Waals surface area contributed by atoms with Crippen LogP contribution in [0.2, 0.25) is 0 Å². The van der Waals surface area contributed by atoms with E-state index in [1.54, 1.807) is 25.7 Å². The Morgan fingerprint density at radius 1 is 1.26 bits per heavy atom. The van der Waals surface area contributed by atoms with Crippen LogP contribution in [0.4, 0.5) is 0 Å². The van der Waals surface area contributed by atoms with E-state index in [1.165, 1.54) is 5.56 Å². The van der Waals surface area contributed by atoms with Crippen LogP contribution >= 0.6 is 0 Å². The summed E-state index contributed by atoms with van der Waals surface area (Å²) in [6, 6.07) is 8.06. The van der Waals surface area contributed by atoms with E-state index in [-0.39, 0.29) is 18.8 Å². The van der Waals surface area contributed by atoms with Crippen LogP contribution in [0, 0.1) is 0 Å². The molecule has 6 heteroatoms. The lowest BCUT2D eigenvalue weighted by atomic mass is 10.2. The highest BCUT2D eigenvalue weighted by atomic mass is 16.5. The maximum Gasteiger partial charge on any atom is 0.237 e. The Morgan fingerprint density at radius 2 is 2.09 bits per heavy atom. The molecule has 2 aromatic rings. The van der Waals surface area contributed by atoms with Crippen molar-refractivity contribution in [2.75, 3.05) is 20.3 Å². The number of aromatic nitrogens is 2. The van der Waals surface area contributed by atoms with Gasteiger partial charge in [-0.1, -0.05) is 12.1 Å². The minimum atomic E-state index is 0.160. The number of rotatable bonds is 6. The molecule has 0 bridgehead atoms. The van der Waals surface area contributed by atoms with Crippen molar-refractivity contribution in [1.82, 2.24) is 14.9 Å². The quantitative estimate of drug-likeness (QED) is 0.877. The number of hydrogen-bond acceptors (Lipinski definition) is 6. The molecule has 122 valence electrons. The van der Waals surface area contributed by atoms with Crippen LogP contribution in [0.3, 0.4) is 0 Å². The van der Waals surface area contributed by atoms with Gasteiger partial charge in [0, 0.05) is 38.6 Å². The van der Waals surface area contributed by atoms with Gasteiger partial charge in [0.2, 0.25) is 5.88 Å². The lowest BCUT2D eigenvalue weighted by Gasteiger charge is -2.22. The smallest absolute Gasteiger partial charge is 0.237 e. The third kappa shape index (κ3) is 4.04. The number of likely N-dealkylation sites (tertiary alicyclic amines) is 1. The molecule has 1 N–H and O–H groups in total. The van der Waals surface area contributed by atoms with Gasteiger partial charge in [0.15, 0.2) is 0 Å². The highest BCUT2D eigenvalue weighted by Gasteiger charge is 2.31. The highest BCUT2D eigenvalue weighted by Crippen LogP contribution is 2.24. The van der Waals surface area contributed by atoms with Gasteiger partial charge in [-0.2, -0.15) is 0 Å². The van der Waals surface area contributed by atoms with E-state index in [9.17, 15) is 5.11 Å². The third-order valence-electron chi connectivity index (χ3n) is 4.10. The maximum absolute atomic E-state index is 9.51. The largest absolute Gasteiger partial charge is 0.438 e. The molecule has 6 nitrogen and oxygen atoms in total.